The van der Waals surface area contributed by atoms with Crippen molar-refractivity contribution in [1.82, 2.24) is 5.32 Å². The third-order valence-electron chi connectivity index (χ3n) is 6.58. The van der Waals surface area contributed by atoms with E-state index in [-0.39, 0.29) is 21.3 Å². The van der Waals surface area contributed by atoms with Gasteiger partial charge in [-0.1, -0.05) is 48.3 Å². The minimum atomic E-state index is -4.55. The zero-order chi connectivity index (χ0) is 24.3. The van der Waals surface area contributed by atoms with Gasteiger partial charge in [0.1, 0.15) is 11.2 Å². The number of alkyl halides is 3. The molecule has 1 spiro atoms. The first-order chi connectivity index (χ1) is 15.4. The Morgan fingerprint density at radius 2 is 1.94 bits per heavy atom. The average Bonchev–Trinajstić information content (AvgIpc) is 3.19. The standard InChI is InChI=1S/C22H19Cl2F4N3O2/c1-9(22(26,27)28)7-15-21(12-6-5-10(23)8-14(12)30-20(21)33)16(18(31-15)19(29)32)11-3-2-4-13(24)17(11)25/h2-6,8-9,15-16,18,31H,7H2,1H3,(H2,29,32)(H,30,33)/t9-,15?,16?,18?,21?/m0/s1. The minimum absolute atomic E-state index is 0.0982. The maximum atomic E-state index is 15.2. The second kappa shape index (κ2) is 8.14. The topological polar surface area (TPSA) is 84.2 Å². The molecule has 5 atom stereocenters. The molecular weight excluding hydrogens is 485 g/mol. The molecule has 0 bridgehead atoms. The van der Waals surface area contributed by atoms with Crippen molar-refractivity contribution >= 4 is 40.7 Å². The van der Waals surface area contributed by atoms with Crippen LogP contribution in [0.2, 0.25) is 10.0 Å². The van der Waals surface area contributed by atoms with E-state index in [1.807, 2.05) is 0 Å². The van der Waals surface area contributed by atoms with Crippen LogP contribution in [0.5, 0.6) is 0 Å². The highest BCUT2D eigenvalue weighted by Gasteiger charge is 2.66. The van der Waals surface area contributed by atoms with Gasteiger partial charge in [0.25, 0.3) is 0 Å². The molecule has 1 saturated heterocycles. The van der Waals surface area contributed by atoms with Crippen molar-refractivity contribution in [2.45, 2.75) is 42.9 Å². The lowest BCUT2D eigenvalue weighted by Crippen LogP contribution is -2.49. The third kappa shape index (κ3) is 3.66. The van der Waals surface area contributed by atoms with Gasteiger partial charge in [-0.25, -0.2) is 4.39 Å². The number of carbonyl (C=O) groups is 2. The zero-order valence-corrected chi connectivity index (χ0v) is 18.7. The van der Waals surface area contributed by atoms with E-state index in [1.54, 1.807) is 0 Å². The number of amides is 2. The Balaban J connectivity index is 2.00. The SMILES string of the molecule is C[C@@H](CC1NC(C(N)=O)C(c2cccc(Cl)c2F)C12C(=O)Nc1cc(Cl)ccc12)C(F)(F)F. The summed E-state index contributed by atoms with van der Waals surface area (Å²) in [5.41, 5.74) is 4.31. The number of fused-ring (bicyclic) bond motifs is 2. The number of carbonyl (C=O) groups excluding carboxylic acids is 2. The molecule has 0 aromatic heterocycles. The summed E-state index contributed by atoms with van der Waals surface area (Å²) in [7, 11) is 0. The fourth-order valence-electron chi connectivity index (χ4n) is 5.08. The number of primary amides is 1. The van der Waals surface area contributed by atoms with Crippen LogP contribution in [0.3, 0.4) is 0 Å². The number of halogens is 6. The highest BCUT2D eigenvalue weighted by Crippen LogP contribution is 2.57. The Morgan fingerprint density at radius 3 is 2.58 bits per heavy atom. The van der Waals surface area contributed by atoms with Gasteiger partial charge in [0, 0.05) is 22.7 Å². The predicted octanol–water partition coefficient (Wildman–Crippen LogP) is 4.52. The lowest BCUT2D eigenvalue weighted by atomic mass is 9.63. The Morgan fingerprint density at radius 1 is 1.24 bits per heavy atom. The maximum absolute atomic E-state index is 15.2. The van der Waals surface area contributed by atoms with E-state index in [0.717, 1.165) is 6.92 Å². The molecule has 0 saturated carbocycles. The van der Waals surface area contributed by atoms with Crippen molar-refractivity contribution in [3.63, 3.8) is 0 Å². The number of benzene rings is 2. The van der Waals surface area contributed by atoms with Crippen molar-refractivity contribution in [2.24, 2.45) is 11.7 Å². The van der Waals surface area contributed by atoms with Gasteiger partial charge in [-0.3, -0.25) is 9.59 Å². The van der Waals surface area contributed by atoms with Crippen LogP contribution in [-0.4, -0.2) is 30.1 Å². The fourth-order valence-corrected chi connectivity index (χ4v) is 5.43. The number of hydrogen-bond donors (Lipinski definition) is 3. The van der Waals surface area contributed by atoms with E-state index in [2.05, 4.69) is 10.6 Å². The quantitative estimate of drug-likeness (QED) is 0.536. The maximum Gasteiger partial charge on any atom is 0.391 e. The normalized spacial score (nSPS) is 27.5. The molecule has 0 aliphatic carbocycles. The van der Waals surface area contributed by atoms with Gasteiger partial charge in [0.05, 0.1) is 17.0 Å². The highest BCUT2D eigenvalue weighted by atomic mass is 35.5. The highest BCUT2D eigenvalue weighted by molar-refractivity contribution is 6.31. The van der Waals surface area contributed by atoms with Crippen molar-refractivity contribution < 1.29 is 27.2 Å². The third-order valence-corrected chi connectivity index (χ3v) is 7.10. The number of anilines is 1. The molecule has 4 unspecified atom stereocenters. The summed E-state index contributed by atoms with van der Waals surface area (Å²) in [5, 5.41) is 5.51. The van der Waals surface area contributed by atoms with Crippen molar-refractivity contribution in [3.05, 3.63) is 63.4 Å². The van der Waals surface area contributed by atoms with E-state index >= 15 is 4.39 Å². The van der Waals surface area contributed by atoms with Crippen LogP contribution in [0.15, 0.2) is 36.4 Å². The van der Waals surface area contributed by atoms with Gasteiger partial charge in [0.2, 0.25) is 11.8 Å². The largest absolute Gasteiger partial charge is 0.391 e. The minimum Gasteiger partial charge on any atom is -0.368 e. The number of nitrogens with one attached hydrogen (secondary N) is 2. The molecule has 2 aromatic rings. The van der Waals surface area contributed by atoms with Crippen LogP contribution < -0.4 is 16.4 Å². The van der Waals surface area contributed by atoms with Gasteiger partial charge in [0.15, 0.2) is 0 Å². The Kier molecular flexibility index (Phi) is 5.87. The molecule has 0 radical (unpaired) electrons. The molecule has 4 rings (SSSR count). The van der Waals surface area contributed by atoms with Crippen LogP contribution in [0.1, 0.15) is 30.4 Å². The molecule has 2 aromatic carbocycles. The van der Waals surface area contributed by atoms with Gasteiger partial charge in [-0.15, -0.1) is 0 Å². The summed E-state index contributed by atoms with van der Waals surface area (Å²) >= 11 is 12.0. The molecule has 2 amide bonds. The van der Waals surface area contributed by atoms with Gasteiger partial charge in [-0.05, 0) is 35.7 Å². The summed E-state index contributed by atoms with van der Waals surface area (Å²) in [4.78, 5) is 26.0. The van der Waals surface area contributed by atoms with E-state index in [4.69, 9.17) is 28.9 Å². The van der Waals surface area contributed by atoms with Crippen molar-refractivity contribution in [1.29, 1.82) is 0 Å². The molecule has 11 heteroatoms. The van der Waals surface area contributed by atoms with Crippen LogP contribution in [0.25, 0.3) is 0 Å². The van der Waals surface area contributed by atoms with Gasteiger partial charge < -0.3 is 16.4 Å². The molecule has 176 valence electrons. The molecule has 2 aliphatic heterocycles. The number of hydrogen-bond acceptors (Lipinski definition) is 3. The first kappa shape index (κ1) is 23.8. The van der Waals surface area contributed by atoms with Gasteiger partial charge in [-0.2, -0.15) is 13.2 Å². The summed E-state index contributed by atoms with van der Waals surface area (Å²) in [6.45, 7) is 0.984. The number of nitrogens with two attached hydrogens (primary N) is 1. The van der Waals surface area contributed by atoms with E-state index in [1.165, 1.54) is 36.4 Å². The monoisotopic (exact) mass is 503 g/mol. The van der Waals surface area contributed by atoms with E-state index in [0.29, 0.717) is 5.56 Å². The van der Waals surface area contributed by atoms with E-state index in [9.17, 15) is 22.8 Å². The van der Waals surface area contributed by atoms with Crippen LogP contribution in [0.4, 0.5) is 23.2 Å². The summed E-state index contributed by atoms with van der Waals surface area (Å²) in [6, 6.07) is 5.98. The molecule has 4 N–H and O–H groups in total. The van der Waals surface area contributed by atoms with Crippen molar-refractivity contribution in [2.75, 3.05) is 5.32 Å². The molecule has 33 heavy (non-hydrogen) atoms. The first-order valence-corrected chi connectivity index (χ1v) is 10.8. The molecule has 5 nitrogen and oxygen atoms in total. The molecule has 1 fully saturated rings. The first-order valence-electron chi connectivity index (χ1n) is 10.1. The van der Waals surface area contributed by atoms with E-state index < -0.39 is 59.6 Å². The summed E-state index contributed by atoms with van der Waals surface area (Å²) in [5.74, 6) is -5.58. The second-order valence-corrected chi connectivity index (χ2v) is 9.26. The fraction of sp³-hybridized carbons (Fsp3) is 0.364. The Hall–Kier alpha value is -2.36. The second-order valence-electron chi connectivity index (χ2n) is 8.41. The summed E-state index contributed by atoms with van der Waals surface area (Å²) in [6.07, 6.45) is -5.11. The lowest BCUT2D eigenvalue weighted by Gasteiger charge is -2.36. The smallest absolute Gasteiger partial charge is 0.368 e. The van der Waals surface area contributed by atoms with Crippen LogP contribution in [-0.2, 0) is 15.0 Å². The Labute approximate surface area is 196 Å². The molecule has 2 heterocycles. The molecule has 2 aliphatic rings. The summed E-state index contributed by atoms with van der Waals surface area (Å²) < 4.78 is 55.7. The Bertz CT molecular complexity index is 1140. The van der Waals surface area contributed by atoms with Crippen molar-refractivity contribution in [3.8, 4) is 0 Å². The predicted molar refractivity (Wildman–Crippen MR) is 116 cm³/mol. The molecular formula is C22H19Cl2F4N3O2. The van der Waals surface area contributed by atoms with Crippen LogP contribution in [0, 0.1) is 11.7 Å². The lowest BCUT2D eigenvalue weighted by molar-refractivity contribution is -0.173. The van der Waals surface area contributed by atoms with Crippen LogP contribution >= 0.6 is 23.2 Å². The number of rotatable bonds is 4. The van der Waals surface area contributed by atoms with Gasteiger partial charge >= 0.3 is 6.18 Å². The average molecular weight is 504 g/mol. The zero-order valence-electron chi connectivity index (χ0n) is 17.1.